The second kappa shape index (κ2) is 5.11. The van der Waals surface area contributed by atoms with E-state index in [0.717, 1.165) is 37.1 Å². The molecule has 0 aromatic heterocycles. The highest BCUT2D eigenvalue weighted by Gasteiger charge is 2.41. The number of aryl methyl sites for hydroxylation is 1. The van der Waals surface area contributed by atoms with Crippen LogP contribution >= 0.6 is 0 Å². The van der Waals surface area contributed by atoms with Crippen molar-refractivity contribution in [2.75, 3.05) is 20.1 Å². The molecule has 0 amide bonds. The fourth-order valence-electron chi connectivity index (χ4n) is 2.98. The monoisotopic (exact) mass is 247 g/mol. The van der Waals surface area contributed by atoms with Crippen LogP contribution in [0.15, 0.2) is 24.3 Å². The van der Waals surface area contributed by atoms with E-state index >= 15 is 0 Å². The van der Waals surface area contributed by atoms with Gasteiger partial charge in [0.15, 0.2) is 0 Å². The van der Waals surface area contributed by atoms with Crippen molar-refractivity contribution >= 4 is 5.97 Å². The second-order valence-electron chi connectivity index (χ2n) is 5.36. The van der Waals surface area contributed by atoms with Crippen molar-refractivity contribution in [1.29, 1.82) is 0 Å². The summed E-state index contributed by atoms with van der Waals surface area (Å²) in [4.78, 5) is 14.1. The number of hydrogen-bond donors (Lipinski definition) is 1. The van der Waals surface area contributed by atoms with Gasteiger partial charge in [0.25, 0.3) is 0 Å². The molecule has 1 aliphatic rings. The van der Waals surface area contributed by atoms with Crippen LogP contribution in [0.4, 0.5) is 0 Å². The topological polar surface area (TPSA) is 40.5 Å². The quantitative estimate of drug-likeness (QED) is 0.872. The summed E-state index contributed by atoms with van der Waals surface area (Å²) in [5.74, 6) is -0.674. The molecule has 2 rings (SSSR count). The zero-order valence-electron chi connectivity index (χ0n) is 11.1. The lowest BCUT2D eigenvalue weighted by atomic mass is 9.73. The van der Waals surface area contributed by atoms with Crippen molar-refractivity contribution in [2.24, 2.45) is 0 Å². The first-order valence-electron chi connectivity index (χ1n) is 6.54. The second-order valence-corrected chi connectivity index (χ2v) is 5.36. The molecule has 1 aromatic carbocycles. The molecule has 0 bridgehead atoms. The molecule has 0 radical (unpaired) electrons. The van der Waals surface area contributed by atoms with Crippen molar-refractivity contribution in [3.63, 3.8) is 0 Å². The number of likely N-dealkylation sites (tertiary alicyclic amines) is 1. The lowest BCUT2D eigenvalue weighted by molar-refractivity contribution is -0.144. The molecule has 0 aliphatic carbocycles. The fraction of sp³-hybridized carbons (Fsp3) is 0.533. The highest BCUT2D eigenvalue weighted by molar-refractivity contribution is 5.82. The third-order valence-electron chi connectivity index (χ3n) is 4.13. The van der Waals surface area contributed by atoms with Crippen molar-refractivity contribution < 1.29 is 9.90 Å². The highest BCUT2D eigenvalue weighted by Crippen LogP contribution is 2.37. The predicted molar refractivity (Wildman–Crippen MR) is 71.8 cm³/mol. The van der Waals surface area contributed by atoms with Gasteiger partial charge in [-0.25, -0.2) is 0 Å². The van der Waals surface area contributed by atoms with Gasteiger partial charge in [-0.15, -0.1) is 0 Å². The maximum atomic E-state index is 11.9. The van der Waals surface area contributed by atoms with Crippen LogP contribution in [0.25, 0.3) is 0 Å². The summed E-state index contributed by atoms with van der Waals surface area (Å²) in [6.07, 6.45) is 2.37. The van der Waals surface area contributed by atoms with Crippen LogP contribution in [0.1, 0.15) is 30.4 Å². The minimum Gasteiger partial charge on any atom is -0.481 e. The van der Waals surface area contributed by atoms with Crippen molar-refractivity contribution in [1.82, 2.24) is 4.90 Å². The largest absolute Gasteiger partial charge is 0.481 e. The minimum atomic E-state index is -0.698. The molecule has 1 unspecified atom stereocenters. The third-order valence-corrected chi connectivity index (χ3v) is 4.13. The Morgan fingerprint density at radius 1 is 1.28 bits per heavy atom. The van der Waals surface area contributed by atoms with Crippen molar-refractivity contribution in [3.05, 3.63) is 35.4 Å². The van der Waals surface area contributed by atoms with E-state index in [2.05, 4.69) is 11.9 Å². The highest BCUT2D eigenvalue weighted by atomic mass is 16.4. The van der Waals surface area contributed by atoms with Crippen molar-refractivity contribution in [2.45, 2.75) is 31.6 Å². The Bertz CT molecular complexity index is 444. The van der Waals surface area contributed by atoms with E-state index in [1.165, 1.54) is 0 Å². The Kier molecular flexibility index (Phi) is 3.71. The summed E-state index contributed by atoms with van der Waals surface area (Å²) in [5.41, 5.74) is 1.38. The van der Waals surface area contributed by atoms with E-state index in [1.807, 2.05) is 31.2 Å². The van der Waals surface area contributed by atoms with Crippen LogP contribution in [0.5, 0.6) is 0 Å². The maximum absolute atomic E-state index is 11.9. The lowest BCUT2D eigenvalue weighted by Crippen LogP contribution is -2.37. The van der Waals surface area contributed by atoms with Gasteiger partial charge in [-0.1, -0.05) is 24.3 Å². The standard InChI is InChI=1S/C15H21NO2/c1-12-6-3-4-7-13(12)15(14(17)18)8-5-10-16(2)11-9-15/h3-4,6-7H,5,8-11H2,1-2H3,(H,17,18). The summed E-state index contributed by atoms with van der Waals surface area (Å²) < 4.78 is 0. The molecular weight excluding hydrogens is 226 g/mol. The fourth-order valence-corrected chi connectivity index (χ4v) is 2.98. The van der Waals surface area contributed by atoms with Gasteiger partial charge in [0, 0.05) is 0 Å². The van der Waals surface area contributed by atoms with E-state index in [1.54, 1.807) is 0 Å². The summed E-state index contributed by atoms with van der Waals surface area (Å²) in [7, 11) is 2.07. The van der Waals surface area contributed by atoms with Crippen LogP contribution in [0, 0.1) is 6.92 Å². The molecule has 18 heavy (non-hydrogen) atoms. The summed E-state index contributed by atoms with van der Waals surface area (Å²) in [6.45, 7) is 3.84. The summed E-state index contributed by atoms with van der Waals surface area (Å²) >= 11 is 0. The minimum absolute atomic E-state index is 0.674. The van der Waals surface area contributed by atoms with Crippen LogP contribution in [0.2, 0.25) is 0 Å². The molecule has 1 aromatic rings. The van der Waals surface area contributed by atoms with E-state index in [4.69, 9.17) is 0 Å². The van der Waals surface area contributed by atoms with Gasteiger partial charge >= 0.3 is 5.97 Å². The first-order chi connectivity index (χ1) is 8.56. The Morgan fingerprint density at radius 2 is 2.00 bits per heavy atom. The normalized spacial score (nSPS) is 25.7. The van der Waals surface area contributed by atoms with Gasteiger partial charge in [0.05, 0.1) is 5.41 Å². The lowest BCUT2D eigenvalue weighted by Gasteiger charge is -2.30. The van der Waals surface area contributed by atoms with Gasteiger partial charge < -0.3 is 10.0 Å². The first kappa shape index (κ1) is 13.1. The molecule has 3 nitrogen and oxygen atoms in total. The van der Waals surface area contributed by atoms with E-state index in [9.17, 15) is 9.90 Å². The van der Waals surface area contributed by atoms with Gasteiger partial charge in [-0.3, -0.25) is 4.79 Å². The molecule has 0 saturated carbocycles. The van der Waals surface area contributed by atoms with Crippen LogP contribution < -0.4 is 0 Å². The van der Waals surface area contributed by atoms with Gasteiger partial charge in [0.2, 0.25) is 0 Å². The Labute approximate surface area is 108 Å². The SMILES string of the molecule is Cc1ccccc1C1(C(=O)O)CCCN(C)CC1. The van der Waals surface area contributed by atoms with E-state index in [0.29, 0.717) is 6.42 Å². The van der Waals surface area contributed by atoms with Gasteiger partial charge in [-0.05, 0) is 57.5 Å². The van der Waals surface area contributed by atoms with Crippen LogP contribution in [-0.2, 0) is 10.2 Å². The first-order valence-corrected chi connectivity index (χ1v) is 6.54. The zero-order chi connectivity index (χ0) is 13.2. The zero-order valence-corrected chi connectivity index (χ0v) is 11.1. The summed E-state index contributed by atoms with van der Waals surface area (Å²) in [6, 6.07) is 7.91. The number of hydrogen-bond acceptors (Lipinski definition) is 2. The number of aliphatic carboxylic acids is 1. The van der Waals surface area contributed by atoms with E-state index < -0.39 is 11.4 Å². The average molecular weight is 247 g/mol. The molecule has 1 saturated heterocycles. The molecule has 1 heterocycles. The predicted octanol–water partition coefficient (Wildman–Crippen LogP) is 2.43. The third kappa shape index (κ3) is 2.27. The maximum Gasteiger partial charge on any atom is 0.314 e. The Morgan fingerprint density at radius 3 is 2.67 bits per heavy atom. The number of carboxylic acid groups (broad SMARTS) is 1. The molecule has 98 valence electrons. The number of rotatable bonds is 2. The van der Waals surface area contributed by atoms with Crippen LogP contribution in [-0.4, -0.2) is 36.1 Å². The van der Waals surface area contributed by atoms with Gasteiger partial charge in [0.1, 0.15) is 0 Å². The average Bonchev–Trinajstić information content (AvgIpc) is 2.53. The van der Waals surface area contributed by atoms with Crippen LogP contribution in [0.3, 0.4) is 0 Å². The molecular formula is C15H21NO2. The van der Waals surface area contributed by atoms with Gasteiger partial charge in [-0.2, -0.15) is 0 Å². The number of carboxylic acids is 1. The molecule has 3 heteroatoms. The molecule has 1 aliphatic heterocycles. The number of nitrogens with zero attached hydrogens (tertiary/aromatic N) is 1. The van der Waals surface area contributed by atoms with Crippen molar-refractivity contribution in [3.8, 4) is 0 Å². The molecule has 1 N–H and O–H groups in total. The Hall–Kier alpha value is -1.35. The molecule has 1 fully saturated rings. The van der Waals surface area contributed by atoms with E-state index in [-0.39, 0.29) is 0 Å². The smallest absolute Gasteiger partial charge is 0.314 e. The molecule has 1 atom stereocenters. The summed E-state index contributed by atoms with van der Waals surface area (Å²) in [5, 5.41) is 9.76. The number of benzene rings is 1. The number of carbonyl (C=O) groups is 1. The molecule has 0 spiro atoms. The Balaban J connectivity index is 2.44.